The number of nitrogens with zero attached hydrogens (tertiary/aromatic N) is 1. The fourth-order valence-corrected chi connectivity index (χ4v) is 4.28. The van der Waals surface area contributed by atoms with E-state index in [1.807, 2.05) is 0 Å². The van der Waals surface area contributed by atoms with Crippen LogP contribution in [0.25, 0.3) is 0 Å². The topological polar surface area (TPSA) is 97.8 Å². The predicted molar refractivity (Wildman–Crippen MR) is 107 cm³/mol. The Bertz CT molecular complexity index is 1230. The number of carboxylic acids is 1. The Labute approximate surface area is 187 Å². The van der Waals surface area contributed by atoms with Crippen molar-refractivity contribution in [3.63, 3.8) is 0 Å². The molecular weight excluding hydrogens is 468 g/mol. The van der Waals surface area contributed by atoms with Gasteiger partial charge in [-0.05, 0) is 42.0 Å². The Kier molecular flexibility index (Phi) is 5.70. The highest BCUT2D eigenvalue weighted by Gasteiger charge is 2.43. The van der Waals surface area contributed by atoms with E-state index in [0.717, 1.165) is 23.5 Å². The molecule has 0 spiro atoms. The van der Waals surface area contributed by atoms with E-state index in [2.05, 4.69) is 15.0 Å². The number of rotatable bonds is 5. The number of alkyl halides is 3. The lowest BCUT2D eigenvalue weighted by Gasteiger charge is -2.39. The lowest BCUT2D eigenvalue weighted by atomic mass is 9.81. The number of fused-ring (bicyclic) bond motifs is 1. The van der Waals surface area contributed by atoms with Crippen LogP contribution in [-0.4, -0.2) is 34.9 Å². The first-order valence-corrected chi connectivity index (χ1v) is 10.2. The number of amides is 1. The molecular formula is C21H14F4N2O5S. The summed E-state index contributed by atoms with van der Waals surface area (Å²) in [7, 11) is 0. The first kappa shape index (κ1) is 22.5. The maximum atomic E-state index is 14.6. The standard InChI is InChI=1S/C21H14F4N2O5S/c22-12-10-11(3-4-13(12)32-21(23,24)25)20(7-9-31-14-2-1-8-26-17(14)20)27-18(28)15-5-6-16(33-15)19(29)30/h1-6,8,10H,7,9H2,(H,27,28)(H,29,30)/t20-/m0/s1. The number of halogens is 4. The molecule has 1 aliphatic rings. The van der Waals surface area contributed by atoms with Gasteiger partial charge in [0, 0.05) is 12.6 Å². The van der Waals surface area contributed by atoms with Crippen molar-refractivity contribution in [3.05, 3.63) is 75.5 Å². The summed E-state index contributed by atoms with van der Waals surface area (Å²) >= 11 is 0.742. The molecule has 1 amide bonds. The molecule has 1 aromatic carbocycles. The second kappa shape index (κ2) is 8.35. The average Bonchev–Trinajstić information content (AvgIpc) is 3.25. The summed E-state index contributed by atoms with van der Waals surface area (Å²) in [4.78, 5) is 28.5. The number of hydrogen-bond acceptors (Lipinski definition) is 6. The predicted octanol–water partition coefficient (Wildman–Crippen LogP) is 4.34. The number of benzene rings is 1. The van der Waals surface area contributed by atoms with E-state index >= 15 is 0 Å². The maximum Gasteiger partial charge on any atom is 0.573 e. The number of nitrogens with one attached hydrogen (secondary N) is 1. The molecule has 1 aliphatic heterocycles. The molecule has 33 heavy (non-hydrogen) atoms. The molecule has 172 valence electrons. The van der Waals surface area contributed by atoms with Crippen LogP contribution in [0.5, 0.6) is 11.5 Å². The van der Waals surface area contributed by atoms with Crippen molar-refractivity contribution in [2.24, 2.45) is 0 Å². The van der Waals surface area contributed by atoms with Gasteiger partial charge in [0.1, 0.15) is 21.9 Å². The summed E-state index contributed by atoms with van der Waals surface area (Å²) < 4.78 is 61.5. The smallest absolute Gasteiger partial charge is 0.491 e. The van der Waals surface area contributed by atoms with E-state index < -0.39 is 35.3 Å². The van der Waals surface area contributed by atoms with Crippen molar-refractivity contribution >= 4 is 23.2 Å². The van der Waals surface area contributed by atoms with Gasteiger partial charge in [-0.15, -0.1) is 24.5 Å². The van der Waals surface area contributed by atoms with Crippen LogP contribution in [-0.2, 0) is 5.54 Å². The third-order valence-corrected chi connectivity index (χ3v) is 6.00. The van der Waals surface area contributed by atoms with Gasteiger partial charge in [-0.3, -0.25) is 9.78 Å². The van der Waals surface area contributed by atoms with E-state index in [1.54, 1.807) is 12.1 Å². The third kappa shape index (κ3) is 4.46. The SMILES string of the molecule is O=C(O)c1ccc(C(=O)N[C@]2(c3ccc(OC(F)(F)F)c(F)c3)CCOc3cccnc32)s1. The molecule has 7 nitrogen and oxygen atoms in total. The Morgan fingerprint density at radius 3 is 2.61 bits per heavy atom. The molecule has 12 heteroatoms. The molecule has 0 radical (unpaired) electrons. The van der Waals surface area contributed by atoms with Crippen LogP contribution < -0.4 is 14.8 Å². The zero-order valence-electron chi connectivity index (χ0n) is 16.5. The van der Waals surface area contributed by atoms with Crippen LogP contribution in [0.1, 0.15) is 37.0 Å². The lowest BCUT2D eigenvalue weighted by molar-refractivity contribution is -0.275. The molecule has 0 unspecified atom stereocenters. The molecule has 3 heterocycles. The largest absolute Gasteiger partial charge is 0.573 e. The molecule has 2 N–H and O–H groups in total. The number of pyridine rings is 1. The van der Waals surface area contributed by atoms with E-state index in [1.165, 1.54) is 24.4 Å². The minimum Gasteiger partial charge on any atom is -0.491 e. The zero-order valence-corrected chi connectivity index (χ0v) is 17.3. The first-order valence-electron chi connectivity index (χ1n) is 9.39. The van der Waals surface area contributed by atoms with E-state index in [9.17, 15) is 27.2 Å². The van der Waals surface area contributed by atoms with Gasteiger partial charge in [-0.1, -0.05) is 6.07 Å². The Morgan fingerprint density at radius 1 is 1.18 bits per heavy atom. The van der Waals surface area contributed by atoms with Gasteiger partial charge in [0.15, 0.2) is 11.6 Å². The maximum absolute atomic E-state index is 14.6. The molecule has 2 aromatic heterocycles. The fourth-order valence-electron chi connectivity index (χ4n) is 3.54. The van der Waals surface area contributed by atoms with E-state index in [-0.39, 0.29) is 34.0 Å². The van der Waals surface area contributed by atoms with Crippen molar-refractivity contribution in [1.29, 1.82) is 0 Å². The zero-order chi connectivity index (χ0) is 23.8. The van der Waals surface area contributed by atoms with Gasteiger partial charge < -0.3 is 19.9 Å². The normalized spacial score (nSPS) is 17.6. The Hall–Kier alpha value is -3.67. The number of aromatic carboxylic acids is 1. The highest BCUT2D eigenvalue weighted by molar-refractivity contribution is 7.15. The summed E-state index contributed by atoms with van der Waals surface area (Å²) in [5, 5.41) is 11.9. The van der Waals surface area contributed by atoms with Crippen LogP contribution in [0.4, 0.5) is 17.6 Å². The number of carbonyl (C=O) groups excluding carboxylic acids is 1. The second-order valence-electron chi connectivity index (χ2n) is 6.97. The third-order valence-electron chi connectivity index (χ3n) is 4.93. The molecule has 3 aromatic rings. The van der Waals surface area contributed by atoms with Crippen LogP contribution in [0, 0.1) is 5.82 Å². The number of hydrogen-bond donors (Lipinski definition) is 2. The van der Waals surface area contributed by atoms with Crippen LogP contribution in [0.2, 0.25) is 0 Å². The Morgan fingerprint density at radius 2 is 1.94 bits per heavy atom. The van der Waals surface area contributed by atoms with Crippen LogP contribution in [0.15, 0.2) is 48.7 Å². The molecule has 0 aliphatic carbocycles. The van der Waals surface area contributed by atoms with Gasteiger partial charge in [-0.25, -0.2) is 9.18 Å². The molecule has 0 saturated carbocycles. The number of carboxylic acid groups (broad SMARTS) is 1. The molecule has 0 fully saturated rings. The quantitative estimate of drug-likeness (QED) is 0.526. The molecule has 1 atom stereocenters. The summed E-state index contributed by atoms with van der Waals surface area (Å²) in [6, 6.07) is 8.64. The van der Waals surface area contributed by atoms with Gasteiger partial charge in [0.2, 0.25) is 0 Å². The minimum absolute atomic E-state index is 0.0561. The summed E-state index contributed by atoms with van der Waals surface area (Å²) in [6.45, 7) is 0.0895. The summed E-state index contributed by atoms with van der Waals surface area (Å²) in [6.07, 6.45) is -3.57. The van der Waals surface area contributed by atoms with Crippen molar-refractivity contribution in [3.8, 4) is 11.5 Å². The number of aromatic nitrogens is 1. The van der Waals surface area contributed by atoms with Crippen molar-refractivity contribution in [2.75, 3.05) is 6.61 Å². The van der Waals surface area contributed by atoms with Crippen molar-refractivity contribution < 1.29 is 41.7 Å². The Balaban J connectivity index is 1.79. The highest BCUT2D eigenvalue weighted by Crippen LogP contribution is 2.42. The van der Waals surface area contributed by atoms with Crippen molar-refractivity contribution in [2.45, 2.75) is 18.3 Å². The van der Waals surface area contributed by atoms with Crippen LogP contribution in [0.3, 0.4) is 0 Å². The van der Waals surface area contributed by atoms with Gasteiger partial charge >= 0.3 is 12.3 Å². The second-order valence-corrected chi connectivity index (χ2v) is 8.05. The van der Waals surface area contributed by atoms with Crippen molar-refractivity contribution in [1.82, 2.24) is 10.3 Å². The number of ether oxygens (including phenoxy) is 2. The minimum atomic E-state index is -5.08. The average molecular weight is 482 g/mol. The van der Waals surface area contributed by atoms with Gasteiger partial charge in [0.05, 0.1) is 11.5 Å². The lowest BCUT2D eigenvalue weighted by Crippen LogP contribution is -2.50. The molecule has 0 saturated heterocycles. The fraction of sp³-hybridized carbons (Fsp3) is 0.190. The number of thiophene rings is 1. The highest BCUT2D eigenvalue weighted by atomic mass is 32.1. The van der Waals surface area contributed by atoms with Crippen LogP contribution >= 0.6 is 11.3 Å². The van der Waals surface area contributed by atoms with Gasteiger partial charge in [-0.2, -0.15) is 0 Å². The van der Waals surface area contributed by atoms with Gasteiger partial charge in [0.25, 0.3) is 5.91 Å². The van der Waals surface area contributed by atoms with E-state index in [0.29, 0.717) is 5.75 Å². The van der Waals surface area contributed by atoms with E-state index in [4.69, 9.17) is 9.84 Å². The number of carbonyl (C=O) groups is 2. The first-order chi connectivity index (χ1) is 15.6. The summed E-state index contributed by atoms with van der Waals surface area (Å²) in [5.41, 5.74) is -1.12. The molecule has 0 bridgehead atoms. The monoisotopic (exact) mass is 482 g/mol. The summed E-state index contributed by atoms with van der Waals surface area (Å²) in [5.74, 6) is -3.87. The molecule has 4 rings (SSSR count).